The summed E-state index contributed by atoms with van der Waals surface area (Å²) < 4.78 is 0. The van der Waals surface area contributed by atoms with E-state index in [1.54, 1.807) is 18.2 Å². The minimum absolute atomic E-state index is 0.257. The van der Waals surface area contributed by atoms with Crippen LogP contribution in [0.3, 0.4) is 0 Å². The van der Waals surface area contributed by atoms with Crippen molar-refractivity contribution in [1.82, 2.24) is 0 Å². The van der Waals surface area contributed by atoms with Crippen LogP contribution in [-0.2, 0) is 16.0 Å². The topological polar surface area (TPSA) is 49.4 Å². The van der Waals surface area contributed by atoms with Gasteiger partial charge in [-0.1, -0.05) is 67.1 Å². The molecule has 4 rings (SSSR count). The van der Waals surface area contributed by atoms with Gasteiger partial charge in [0, 0.05) is 10.7 Å². The van der Waals surface area contributed by atoms with Crippen molar-refractivity contribution in [2.24, 2.45) is 0 Å². The number of imide groups is 1. The summed E-state index contributed by atoms with van der Waals surface area (Å²) in [5, 5.41) is 3.69. The minimum atomic E-state index is -0.404. The molecule has 3 aromatic rings. The molecule has 0 bridgehead atoms. The fourth-order valence-electron chi connectivity index (χ4n) is 3.44. The Bertz CT molecular complexity index is 1150. The second kappa shape index (κ2) is 8.17. The van der Waals surface area contributed by atoms with Crippen molar-refractivity contribution >= 4 is 40.4 Å². The smallest absolute Gasteiger partial charge is 0.282 e. The standard InChI is InChI=1S/C25H21ClN2O2/c1-3-17-10-12-19(13-11-17)27-23-22(18-7-5-4-6-8-18)24(29)28(25(23)30)20-14-9-16(2)21(26)15-20/h4-15,27H,3H2,1-2H3. The molecular formula is C25H21ClN2O2. The van der Waals surface area contributed by atoms with E-state index < -0.39 is 5.91 Å². The van der Waals surface area contributed by atoms with Crippen molar-refractivity contribution in [3.8, 4) is 0 Å². The maximum Gasteiger partial charge on any atom is 0.282 e. The van der Waals surface area contributed by atoms with E-state index in [9.17, 15) is 9.59 Å². The van der Waals surface area contributed by atoms with Gasteiger partial charge in [-0.3, -0.25) is 9.59 Å². The van der Waals surface area contributed by atoms with Crippen LogP contribution in [-0.4, -0.2) is 11.8 Å². The number of amides is 2. The molecule has 1 heterocycles. The van der Waals surface area contributed by atoms with Gasteiger partial charge < -0.3 is 5.32 Å². The van der Waals surface area contributed by atoms with E-state index in [0.29, 0.717) is 21.8 Å². The molecule has 2 amide bonds. The lowest BCUT2D eigenvalue weighted by Gasteiger charge is -2.16. The summed E-state index contributed by atoms with van der Waals surface area (Å²) in [6, 6.07) is 22.2. The number of carbonyl (C=O) groups is 2. The van der Waals surface area contributed by atoms with Gasteiger partial charge in [0.25, 0.3) is 11.8 Å². The molecule has 0 fully saturated rings. The maximum atomic E-state index is 13.4. The van der Waals surface area contributed by atoms with Crippen LogP contribution >= 0.6 is 11.6 Å². The molecule has 0 saturated carbocycles. The number of rotatable bonds is 5. The number of benzene rings is 3. The fourth-order valence-corrected chi connectivity index (χ4v) is 3.62. The summed E-state index contributed by atoms with van der Waals surface area (Å²) >= 11 is 6.26. The summed E-state index contributed by atoms with van der Waals surface area (Å²) in [7, 11) is 0. The molecule has 0 unspecified atom stereocenters. The van der Waals surface area contributed by atoms with E-state index in [1.807, 2.05) is 61.5 Å². The van der Waals surface area contributed by atoms with Crippen LogP contribution < -0.4 is 10.2 Å². The number of anilines is 2. The first kappa shape index (κ1) is 19.9. The lowest BCUT2D eigenvalue weighted by atomic mass is 10.0. The molecule has 0 spiro atoms. The zero-order valence-electron chi connectivity index (χ0n) is 16.8. The molecule has 3 aromatic carbocycles. The van der Waals surface area contributed by atoms with Crippen LogP contribution in [0.2, 0.25) is 5.02 Å². The average molecular weight is 417 g/mol. The highest BCUT2D eigenvalue weighted by Crippen LogP contribution is 2.35. The van der Waals surface area contributed by atoms with E-state index >= 15 is 0 Å². The maximum absolute atomic E-state index is 13.4. The van der Waals surface area contributed by atoms with E-state index in [-0.39, 0.29) is 11.6 Å². The van der Waals surface area contributed by atoms with Crippen LogP contribution in [0.25, 0.3) is 5.57 Å². The van der Waals surface area contributed by atoms with Gasteiger partial charge in [-0.15, -0.1) is 0 Å². The van der Waals surface area contributed by atoms with E-state index in [1.165, 1.54) is 10.5 Å². The molecule has 1 aliphatic heterocycles. The largest absolute Gasteiger partial charge is 0.350 e. The normalized spacial score (nSPS) is 13.9. The van der Waals surface area contributed by atoms with Crippen LogP contribution in [0.5, 0.6) is 0 Å². The van der Waals surface area contributed by atoms with Crippen LogP contribution in [0.1, 0.15) is 23.6 Å². The van der Waals surface area contributed by atoms with Gasteiger partial charge >= 0.3 is 0 Å². The quantitative estimate of drug-likeness (QED) is 0.550. The minimum Gasteiger partial charge on any atom is -0.350 e. The summed E-state index contributed by atoms with van der Waals surface area (Å²) in [4.78, 5) is 27.9. The third-order valence-electron chi connectivity index (χ3n) is 5.19. The van der Waals surface area contributed by atoms with Crippen molar-refractivity contribution in [3.63, 3.8) is 0 Å². The van der Waals surface area contributed by atoms with Crippen molar-refractivity contribution in [3.05, 3.63) is 100 Å². The lowest BCUT2D eigenvalue weighted by molar-refractivity contribution is -0.120. The Hall–Kier alpha value is -3.37. The first-order chi connectivity index (χ1) is 14.5. The Morgan fingerprint density at radius 2 is 1.60 bits per heavy atom. The van der Waals surface area contributed by atoms with Crippen LogP contribution in [0, 0.1) is 6.92 Å². The molecule has 4 nitrogen and oxygen atoms in total. The monoisotopic (exact) mass is 416 g/mol. The van der Waals surface area contributed by atoms with Crippen molar-refractivity contribution in [1.29, 1.82) is 0 Å². The van der Waals surface area contributed by atoms with Crippen molar-refractivity contribution in [2.45, 2.75) is 20.3 Å². The number of nitrogens with zero attached hydrogens (tertiary/aromatic N) is 1. The molecule has 5 heteroatoms. The number of carbonyl (C=O) groups excluding carboxylic acids is 2. The Labute approximate surface area is 180 Å². The van der Waals surface area contributed by atoms with Gasteiger partial charge in [-0.2, -0.15) is 0 Å². The van der Waals surface area contributed by atoms with Gasteiger partial charge in [-0.05, 0) is 54.3 Å². The van der Waals surface area contributed by atoms with Crippen molar-refractivity contribution < 1.29 is 9.59 Å². The fraction of sp³-hybridized carbons (Fsp3) is 0.120. The van der Waals surface area contributed by atoms with E-state index in [2.05, 4.69) is 12.2 Å². The molecule has 0 radical (unpaired) electrons. The Kier molecular flexibility index (Phi) is 5.42. The molecule has 1 N–H and O–H groups in total. The predicted octanol–water partition coefficient (Wildman–Crippen LogP) is 5.61. The molecule has 1 aliphatic rings. The number of nitrogens with one attached hydrogen (secondary N) is 1. The molecule has 0 saturated heterocycles. The van der Waals surface area contributed by atoms with Gasteiger partial charge in [0.05, 0.1) is 11.3 Å². The lowest BCUT2D eigenvalue weighted by Crippen LogP contribution is -2.32. The second-order valence-corrected chi connectivity index (χ2v) is 7.58. The number of aryl methyl sites for hydroxylation is 2. The molecule has 0 aromatic heterocycles. The summed E-state index contributed by atoms with van der Waals surface area (Å²) in [5.41, 5.74) is 4.56. The number of hydrogen-bond donors (Lipinski definition) is 1. The molecule has 0 atom stereocenters. The predicted molar refractivity (Wildman–Crippen MR) is 121 cm³/mol. The van der Waals surface area contributed by atoms with Gasteiger partial charge in [0.1, 0.15) is 5.70 Å². The Morgan fingerprint density at radius 3 is 2.23 bits per heavy atom. The molecule has 150 valence electrons. The number of hydrogen-bond acceptors (Lipinski definition) is 3. The Balaban J connectivity index is 1.79. The van der Waals surface area contributed by atoms with Crippen LogP contribution in [0.15, 0.2) is 78.5 Å². The number of halogens is 1. The third-order valence-corrected chi connectivity index (χ3v) is 5.60. The summed E-state index contributed by atoms with van der Waals surface area (Å²) in [5.74, 6) is -0.780. The van der Waals surface area contributed by atoms with Gasteiger partial charge in [0.15, 0.2) is 0 Å². The van der Waals surface area contributed by atoms with Gasteiger partial charge in [0.2, 0.25) is 0 Å². The van der Waals surface area contributed by atoms with E-state index in [0.717, 1.165) is 17.7 Å². The average Bonchev–Trinajstić information content (AvgIpc) is 3.01. The van der Waals surface area contributed by atoms with Crippen molar-refractivity contribution in [2.75, 3.05) is 10.2 Å². The first-order valence-electron chi connectivity index (χ1n) is 9.80. The second-order valence-electron chi connectivity index (χ2n) is 7.17. The zero-order valence-corrected chi connectivity index (χ0v) is 17.5. The zero-order chi connectivity index (χ0) is 21.3. The Morgan fingerprint density at radius 1 is 0.900 bits per heavy atom. The summed E-state index contributed by atoms with van der Waals surface area (Å²) in [6.07, 6.45) is 0.928. The highest BCUT2D eigenvalue weighted by molar-refractivity contribution is 6.46. The molecule has 30 heavy (non-hydrogen) atoms. The third kappa shape index (κ3) is 3.62. The molecular weight excluding hydrogens is 396 g/mol. The van der Waals surface area contributed by atoms with E-state index in [4.69, 9.17) is 11.6 Å². The summed E-state index contributed by atoms with van der Waals surface area (Å²) in [6.45, 7) is 3.96. The molecule has 0 aliphatic carbocycles. The SMILES string of the molecule is CCc1ccc(NC2=C(c3ccccc3)C(=O)N(c3ccc(C)c(Cl)c3)C2=O)cc1. The van der Waals surface area contributed by atoms with Gasteiger partial charge in [-0.25, -0.2) is 4.90 Å². The highest BCUT2D eigenvalue weighted by Gasteiger charge is 2.40. The van der Waals surface area contributed by atoms with Crippen LogP contribution in [0.4, 0.5) is 11.4 Å². The first-order valence-corrected chi connectivity index (χ1v) is 10.2. The highest BCUT2D eigenvalue weighted by atomic mass is 35.5.